The van der Waals surface area contributed by atoms with Gasteiger partial charge in [-0.05, 0) is 60.7 Å². The fourth-order valence-electron chi connectivity index (χ4n) is 3.43. The van der Waals surface area contributed by atoms with E-state index in [-0.39, 0.29) is 18.4 Å². The van der Waals surface area contributed by atoms with E-state index in [9.17, 15) is 9.59 Å². The number of benzene rings is 3. The smallest absolute Gasteiger partial charge is 0.243 e. The molecular weight excluding hydrogens is 426 g/mol. The monoisotopic (exact) mass is 459 g/mol. The zero-order valence-corrected chi connectivity index (χ0v) is 19.8. The number of aryl methyl sites for hydroxylation is 1. The minimum absolute atomic E-state index is 0.00367. The number of anilines is 3. The van der Waals surface area contributed by atoms with Crippen molar-refractivity contribution in [1.82, 2.24) is 0 Å². The molecule has 0 aliphatic rings. The molecule has 3 aromatic rings. The zero-order valence-electron chi connectivity index (χ0n) is 19.8. The van der Waals surface area contributed by atoms with Gasteiger partial charge in [-0.1, -0.05) is 56.3 Å². The van der Waals surface area contributed by atoms with Crippen LogP contribution in [-0.2, 0) is 16.0 Å². The van der Waals surface area contributed by atoms with Gasteiger partial charge in [0, 0.05) is 17.8 Å². The first-order valence-electron chi connectivity index (χ1n) is 11.7. The highest BCUT2D eigenvalue weighted by Crippen LogP contribution is 2.24. The zero-order chi connectivity index (χ0) is 24.2. The Kier molecular flexibility index (Phi) is 9.52. The molecular formula is C28H33N3O3. The lowest BCUT2D eigenvalue weighted by atomic mass is 10.1. The normalized spacial score (nSPS) is 10.6. The molecule has 178 valence electrons. The topological polar surface area (TPSA) is 79.5 Å². The van der Waals surface area contributed by atoms with Gasteiger partial charge < -0.3 is 20.7 Å². The van der Waals surface area contributed by atoms with Crippen molar-refractivity contribution in [2.45, 2.75) is 33.1 Å². The van der Waals surface area contributed by atoms with E-state index in [2.05, 4.69) is 28.1 Å². The first-order chi connectivity index (χ1) is 16.5. The van der Waals surface area contributed by atoms with E-state index >= 15 is 0 Å². The molecule has 2 amide bonds. The van der Waals surface area contributed by atoms with E-state index in [4.69, 9.17) is 4.74 Å². The Balaban J connectivity index is 1.43. The Hall–Kier alpha value is -3.80. The second kappa shape index (κ2) is 13.0. The van der Waals surface area contributed by atoms with Crippen LogP contribution in [0.3, 0.4) is 0 Å². The van der Waals surface area contributed by atoms with Crippen molar-refractivity contribution in [2.75, 3.05) is 29.1 Å². The van der Waals surface area contributed by atoms with Crippen LogP contribution in [0.2, 0.25) is 0 Å². The van der Waals surface area contributed by atoms with E-state index in [0.29, 0.717) is 30.4 Å². The van der Waals surface area contributed by atoms with Crippen molar-refractivity contribution in [2.24, 2.45) is 5.92 Å². The van der Waals surface area contributed by atoms with Gasteiger partial charge in [-0.2, -0.15) is 0 Å². The van der Waals surface area contributed by atoms with Crippen LogP contribution in [-0.4, -0.2) is 25.0 Å². The lowest BCUT2D eigenvalue weighted by Crippen LogP contribution is -2.22. The molecule has 6 heteroatoms. The quantitative estimate of drug-likeness (QED) is 0.302. The number of hydrogen-bond donors (Lipinski definition) is 3. The standard InChI is InChI=1S/C28H33N3O3/c1-21(2)19-27(32)30-24-16-14-23(15-17-24)29-20-28(33)31-25-12-6-7-13-26(25)34-18-8-11-22-9-4-3-5-10-22/h3-7,9-10,12-17,21,29H,8,11,18-20H2,1-2H3,(H,30,32)(H,31,33). The summed E-state index contributed by atoms with van der Waals surface area (Å²) in [5.74, 6) is 0.792. The summed E-state index contributed by atoms with van der Waals surface area (Å²) in [7, 11) is 0. The molecule has 0 fully saturated rings. The molecule has 0 saturated carbocycles. The molecule has 0 aliphatic heterocycles. The lowest BCUT2D eigenvalue weighted by Gasteiger charge is -2.13. The summed E-state index contributed by atoms with van der Waals surface area (Å²) in [6, 6.07) is 25.1. The summed E-state index contributed by atoms with van der Waals surface area (Å²) in [5, 5.41) is 8.89. The van der Waals surface area contributed by atoms with Crippen LogP contribution in [0.1, 0.15) is 32.3 Å². The van der Waals surface area contributed by atoms with Crippen molar-refractivity contribution < 1.29 is 14.3 Å². The van der Waals surface area contributed by atoms with Crippen LogP contribution in [0.15, 0.2) is 78.9 Å². The van der Waals surface area contributed by atoms with Crippen molar-refractivity contribution in [1.29, 1.82) is 0 Å². The minimum Gasteiger partial charge on any atom is -0.491 e. The second-order valence-electron chi connectivity index (χ2n) is 8.56. The molecule has 0 heterocycles. The van der Waals surface area contributed by atoms with Gasteiger partial charge in [-0.15, -0.1) is 0 Å². The third-order valence-corrected chi connectivity index (χ3v) is 5.09. The fraction of sp³-hybridized carbons (Fsp3) is 0.286. The lowest BCUT2D eigenvalue weighted by molar-refractivity contribution is -0.117. The van der Waals surface area contributed by atoms with Crippen molar-refractivity contribution in [3.05, 3.63) is 84.4 Å². The molecule has 34 heavy (non-hydrogen) atoms. The summed E-state index contributed by atoms with van der Waals surface area (Å²) >= 11 is 0. The summed E-state index contributed by atoms with van der Waals surface area (Å²) < 4.78 is 5.92. The number of para-hydroxylation sites is 2. The van der Waals surface area contributed by atoms with Gasteiger partial charge in [0.1, 0.15) is 5.75 Å². The number of carbonyl (C=O) groups excluding carboxylic acids is 2. The highest BCUT2D eigenvalue weighted by Gasteiger charge is 2.09. The van der Waals surface area contributed by atoms with Crippen LogP contribution < -0.4 is 20.7 Å². The third kappa shape index (κ3) is 8.62. The molecule has 0 atom stereocenters. The van der Waals surface area contributed by atoms with Gasteiger partial charge in [0.05, 0.1) is 18.8 Å². The fourth-order valence-corrected chi connectivity index (χ4v) is 3.43. The van der Waals surface area contributed by atoms with Crippen LogP contribution in [0.5, 0.6) is 5.75 Å². The maximum absolute atomic E-state index is 12.5. The number of nitrogens with one attached hydrogen (secondary N) is 3. The number of rotatable bonds is 12. The number of carbonyl (C=O) groups is 2. The van der Waals surface area contributed by atoms with E-state index < -0.39 is 0 Å². The van der Waals surface area contributed by atoms with Gasteiger partial charge in [0.15, 0.2) is 0 Å². The highest BCUT2D eigenvalue weighted by molar-refractivity contribution is 5.95. The van der Waals surface area contributed by atoms with Crippen LogP contribution in [0.25, 0.3) is 0 Å². The Morgan fingerprint density at radius 3 is 2.21 bits per heavy atom. The molecule has 0 spiro atoms. The van der Waals surface area contributed by atoms with E-state index in [1.807, 2.05) is 80.6 Å². The molecule has 0 bridgehead atoms. The Labute approximate surface area is 201 Å². The van der Waals surface area contributed by atoms with E-state index in [0.717, 1.165) is 24.2 Å². The molecule has 0 aromatic heterocycles. The molecule has 0 radical (unpaired) electrons. The Morgan fingerprint density at radius 2 is 1.47 bits per heavy atom. The van der Waals surface area contributed by atoms with Crippen LogP contribution >= 0.6 is 0 Å². The van der Waals surface area contributed by atoms with Gasteiger partial charge in [0.2, 0.25) is 11.8 Å². The summed E-state index contributed by atoms with van der Waals surface area (Å²) in [6.45, 7) is 4.70. The van der Waals surface area contributed by atoms with Gasteiger partial charge in [0.25, 0.3) is 0 Å². The molecule has 0 aliphatic carbocycles. The molecule has 3 N–H and O–H groups in total. The number of hydrogen-bond acceptors (Lipinski definition) is 4. The predicted octanol–water partition coefficient (Wildman–Crippen LogP) is 5.73. The summed E-state index contributed by atoms with van der Waals surface area (Å²) in [4.78, 5) is 24.4. The second-order valence-corrected chi connectivity index (χ2v) is 8.56. The Bertz CT molecular complexity index is 1050. The summed E-state index contributed by atoms with van der Waals surface area (Å²) in [5.41, 5.74) is 3.46. The van der Waals surface area contributed by atoms with Crippen molar-refractivity contribution in [3.63, 3.8) is 0 Å². The SMILES string of the molecule is CC(C)CC(=O)Nc1ccc(NCC(=O)Nc2ccccc2OCCCc2ccccc2)cc1. The third-order valence-electron chi connectivity index (χ3n) is 5.09. The van der Waals surface area contributed by atoms with Gasteiger partial charge in [-0.25, -0.2) is 0 Å². The predicted molar refractivity (Wildman–Crippen MR) is 138 cm³/mol. The van der Waals surface area contributed by atoms with E-state index in [1.54, 1.807) is 0 Å². The maximum Gasteiger partial charge on any atom is 0.243 e. The van der Waals surface area contributed by atoms with Crippen LogP contribution in [0.4, 0.5) is 17.1 Å². The number of ether oxygens (including phenoxy) is 1. The molecule has 0 saturated heterocycles. The molecule has 3 rings (SSSR count). The average molecular weight is 460 g/mol. The van der Waals surface area contributed by atoms with Crippen molar-refractivity contribution >= 4 is 28.9 Å². The summed E-state index contributed by atoms with van der Waals surface area (Å²) in [6.07, 6.45) is 2.32. The van der Waals surface area contributed by atoms with Crippen molar-refractivity contribution in [3.8, 4) is 5.75 Å². The van der Waals surface area contributed by atoms with Gasteiger partial charge >= 0.3 is 0 Å². The molecule has 3 aromatic carbocycles. The number of amides is 2. The largest absolute Gasteiger partial charge is 0.491 e. The van der Waals surface area contributed by atoms with Gasteiger partial charge in [-0.3, -0.25) is 9.59 Å². The van der Waals surface area contributed by atoms with E-state index in [1.165, 1.54) is 5.56 Å². The first-order valence-corrected chi connectivity index (χ1v) is 11.7. The molecule has 6 nitrogen and oxygen atoms in total. The molecule has 0 unspecified atom stereocenters. The first kappa shape index (κ1) is 24.8. The van der Waals surface area contributed by atoms with Crippen LogP contribution in [0, 0.1) is 5.92 Å². The minimum atomic E-state index is -0.172. The Morgan fingerprint density at radius 1 is 0.794 bits per heavy atom. The average Bonchev–Trinajstić information content (AvgIpc) is 2.82. The maximum atomic E-state index is 12.5. The highest BCUT2D eigenvalue weighted by atomic mass is 16.5.